The largest absolute Gasteiger partial charge is 0.491 e. The van der Waals surface area contributed by atoms with Gasteiger partial charge in [0, 0.05) is 30.4 Å². The molecule has 0 amide bonds. The Morgan fingerprint density at radius 3 is 2.74 bits per heavy atom. The number of anilines is 1. The molecule has 3 heterocycles. The highest BCUT2D eigenvalue weighted by Gasteiger charge is 2.28. The molecule has 34 heavy (non-hydrogen) atoms. The van der Waals surface area contributed by atoms with Crippen molar-refractivity contribution < 1.29 is 14.6 Å². The van der Waals surface area contributed by atoms with E-state index in [1.165, 1.54) is 0 Å². The van der Waals surface area contributed by atoms with Crippen LogP contribution in [0.15, 0.2) is 61.2 Å². The second kappa shape index (κ2) is 9.52. The third-order valence-corrected chi connectivity index (χ3v) is 6.81. The van der Waals surface area contributed by atoms with Gasteiger partial charge in [-0.1, -0.05) is 35.3 Å². The van der Waals surface area contributed by atoms with E-state index in [4.69, 9.17) is 38.0 Å². The summed E-state index contributed by atoms with van der Waals surface area (Å²) in [6.45, 7) is 1.34. The lowest BCUT2D eigenvalue weighted by Crippen LogP contribution is -2.34. The number of benzene rings is 2. The van der Waals surface area contributed by atoms with Crippen molar-refractivity contribution in [3.05, 3.63) is 76.8 Å². The molecule has 1 atom stereocenters. The molecule has 1 saturated heterocycles. The number of fused-ring (bicyclic) bond motifs is 1. The zero-order valence-electron chi connectivity index (χ0n) is 18.2. The van der Waals surface area contributed by atoms with E-state index in [2.05, 4.69) is 9.88 Å². The van der Waals surface area contributed by atoms with Crippen molar-refractivity contribution in [1.82, 2.24) is 14.5 Å². The zero-order valence-corrected chi connectivity index (χ0v) is 19.7. The van der Waals surface area contributed by atoms with Gasteiger partial charge in [-0.2, -0.15) is 0 Å². The van der Waals surface area contributed by atoms with Gasteiger partial charge < -0.3 is 19.3 Å². The summed E-state index contributed by atoms with van der Waals surface area (Å²) in [5.74, 6) is 0.666. The van der Waals surface area contributed by atoms with E-state index in [0.29, 0.717) is 27.9 Å². The van der Waals surface area contributed by atoms with Gasteiger partial charge in [0.15, 0.2) is 0 Å². The zero-order chi connectivity index (χ0) is 23.7. The number of hydrogen-bond acceptors (Lipinski definition) is 5. The molecular weight excluding hydrogens is 475 g/mol. The molecule has 0 saturated carbocycles. The molecule has 174 valence electrons. The average Bonchev–Trinajstić information content (AvgIpc) is 3.52. The molecule has 1 N–H and O–H groups in total. The summed E-state index contributed by atoms with van der Waals surface area (Å²) in [5, 5.41) is 10.7. The van der Waals surface area contributed by atoms with Crippen molar-refractivity contribution in [2.45, 2.75) is 25.3 Å². The second-order valence-corrected chi connectivity index (χ2v) is 9.03. The number of nitrogens with zero attached hydrogens (tertiary/aromatic N) is 4. The van der Waals surface area contributed by atoms with Crippen LogP contribution in [0, 0.1) is 0 Å². The second-order valence-electron chi connectivity index (χ2n) is 8.24. The van der Waals surface area contributed by atoms with Crippen molar-refractivity contribution in [3.8, 4) is 11.4 Å². The van der Waals surface area contributed by atoms with Gasteiger partial charge in [0.2, 0.25) is 0 Å². The highest BCUT2D eigenvalue weighted by molar-refractivity contribution is 6.45. The number of pyridine rings is 1. The summed E-state index contributed by atoms with van der Waals surface area (Å²) in [6.07, 6.45) is 7.36. The number of carbonyl (C=O) groups is 1. The Hall–Kier alpha value is -3.29. The number of imidazole rings is 1. The molecule has 2 aromatic carbocycles. The molecule has 1 aliphatic rings. The van der Waals surface area contributed by atoms with Gasteiger partial charge in [-0.25, -0.2) is 9.97 Å². The maximum atomic E-state index is 10.9. The smallest absolute Gasteiger partial charge is 0.307 e. The van der Waals surface area contributed by atoms with Crippen LogP contribution in [0.3, 0.4) is 0 Å². The van der Waals surface area contributed by atoms with Crippen LogP contribution in [0.2, 0.25) is 10.0 Å². The van der Waals surface area contributed by atoms with E-state index in [1.54, 1.807) is 30.7 Å². The Labute approximate surface area is 206 Å². The molecule has 1 fully saturated rings. The van der Waals surface area contributed by atoms with Gasteiger partial charge in [-0.05, 0) is 42.7 Å². The third kappa shape index (κ3) is 4.54. The molecule has 0 spiro atoms. The number of carboxylic acids is 1. The number of aliphatic carboxylic acids is 1. The normalized spacial score (nSPS) is 15.7. The molecule has 0 unspecified atom stereocenters. The van der Waals surface area contributed by atoms with Gasteiger partial charge in [0.05, 0.1) is 40.0 Å². The van der Waals surface area contributed by atoms with Crippen molar-refractivity contribution in [1.29, 1.82) is 0 Å². The first-order chi connectivity index (χ1) is 16.5. The molecule has 1 aliphatic heterocycles. The van der Waals surface area contributed by atoms with Gasteiger partial charge in [-0.15, -0.1) is 0 Å². The fourth-order valence-corrected chi connectivity index (χ4v) is 4.71. The summed E-state index contributed by atoms with van der Waals surface area (Å²) >= 11 is 12.9. The minimum absolute atomic E-state index is 0.00383. The molecule has 0 radical (unpaired) electrons. The first kappa shape index (κ1) is 22.5. The van der Waals surface area contributed by atoms with E-state index >= 15 is 0 Å². The van der Waals surface area contributed by atoms with E-state index in [-0.39, 0.29) is 12.5 Å². The van der Waals surface area contributed by atoms with Gasteiger partial charge in [0.25, 0.3) is 0 Å². The van der Waals surface area contributed by atoms with Gasteiger partial charge >= 0.3 is 5.97 Å². The molecule has 9 heteroatoms. The van der Waals surface area contributed by atoms with Crippen LogP contribution in [0.25, 0.3) is 16.6 Å². The van der Waals surface area contributed by atoms with E-state index in [0.717, 1.165) is 41.8 Å². The number of halogens is 2. The Morgan fingerprint density at radius 2 is 2.00 bits per heavy atom. The fraction of sp³-hybridized carbons (Fsp3) is 0.240. The average molecular weight is 497 g/mol. The summed E-state index contributed by atoms with van der Waals surface area (Å²) in [7, 11) is 0. The van der Waals surface area contributed by atoms with E-state index < -0.39 is 5.97 Å². The lowest BCUT2D eigenvalue weighted by atomic mass is 10.1. The predicted octanol–water partition coefficient (Wildman–Crippen LogP) is 5.40. The summed E-state index contributed by atoms with van der Waals surface area (Å²) in [6, 6.07) is 13.1. The molecule has 5 rings (SSSR count). The van der Waals surface area contributed by atoms with Crippen LogP contribution in [-0.4, -0.2) is 44.8 Å². The number of rotatable bonds is 7. The Bertz CT molecular complexity index is 1330. The number of ether oxygens (including phenoxy) is 1. The Morgan fingerprint density at radius 1 is 1.18 bits per heavy atom. The molecule has 0 aliphatic carbocycles. The third-order valence-electron chi connectivity index (χ3n) is 6.01. The molecule has 0 bridgehead atoms. The van der Waals surface area contributed by atoms with Gasteiger partial charge in [-0.3, -0.25) is 4.79 Å². The topological polar surface area (TPSA) is 80.5 Å². The SMILES string of the molecule is O=C(O)Cc1ccc(OC[C@@H]2CCCN2c2cc(-n3ccnc3)c3ccc(Cl)c(Cl)c3n2)cc1. The molecule has 2 aromatic heterocycles. The highest BCUT2D eigenvalue weighted by atomic mass is 35.5. The monoisotopic (exact) mass is 496 g/mol. The fourth-order valence-electron chi connectivity index (χ4n) is 4.35. The van der Waals surface area contributed by atoms with E-state index in [1.807, 2.05) is 35.0 Å². The predicted molar refractivity (Wildman–Crippen MR) is 133 cm³/mol. The first-order valence-corrected chi connectivity index (χ1v) is 11.7. The molecule has 4 aromatic rings. The highest BCUT2D eigenvalue weighted by Crippen LogP contribution is 2.36. The maximum absolute atomic E-state index is 10.9. The summed E-state index contributed by atoms with van der Waals surface area (Å²) < 4.78 is 8.00. The van der Waals surface area contributed by atoms with Crippen LogP contribution >= 0.6 is 23.2 Å². The molecular formula is C25H22Cl2N4O3. The maximum Gasteiger partial charge on any atom is 0.307 e. The van der Waals surface area contributed by atoms with Gasteiger partial charge in [0.1, 0.15) is 18.2 Å². The minimum atomic E-state index is -0.852. The number of carboxylic acid groups (broad SMARTS) is 1. The van der Waals surface area contributed by atoms with E-state index in [9.17, 15) is 4.79 Å². The number of hydrogen-bond donors (Lipinski definition) is 1. The number of aromatic nitrogens is 3. The Balaban J connectivity index is 1.42. The first-order valence-electron chi connectivity index (χ1n) is 11.0. The van der Waals surface area contributed by atoms with Crippen molar-refractivity contribution in [2.75, 3.05) is 18.1 Å². The van der Waals surface area contributed by atoms with Crippen LogP contribution in [-0.2, 0) is 11.2 Å². The quantitative estimate of drug-likeness (QED) is 0.368. The van der Waals surface area contributed by atoms with Crippen LogP contribution in [0.1, 0.15) is 18.4 Å². The summed E-state index contributed by atoms with van der Waals surface area (Å²) in [5.41, 5.74) is 2.32. The van der Waals surface area contributed by atoms with Crippen LogP contribution in [0.4, 0.5) is 5.82 Å². The van der Waals surface area contributed by atoms with Crippen LogP contribution < -0.4 is 9.64 Å². The summed E-state index contributed by atoms with van der Waals surface area (Å²) in [4.78, 5) is 22.2. The minimum Gasteiger partial charge on any atom is -0.491 e. The Kier molecular flexibility index (Phi) is 6.30. The lowest BCUT2D eigenvalue weighted by Gasteiger charge is -2.27. The standard InChI is InChI=1S/C25H22Cl2N4O3/c26-20-8-7-19-21(30-11-9-28-15-30)13-22(29-25(19)24(20)27)31-10-1-2-17(31)14-34-18-5-3-16(4-6-18)12-23(32)33/h3-9,11,13,15,17H,1-2,10,12,14H2,(H,32,33)/t17-/m0/s1. The van der Waals surface area contributed by atoms with Crippen molar-refractivity contribution >= 4 is 45.9 Å². The molecule has 7 nitrogen and oxygen atoms in total. The van der Waals surface area contributed by atoms with Crippen molar-refractivity contribution in [3.63, 3.8) is 0 Å². The lowest BCUT2D eigenvalue weighted by molar-refractivity contribution is -0.136. The van der Waals surface area contributed by atoms with Crippen LogP contribution in [0.5, 0.6) is 5.75 Å². The van der Waals surface area contributed by atoms with Crippen molar-refractivity contribution in [2.24, 2.45) is 0 Å².